The number of nitrogens with zero attached hydrogens (tertiary/aromatic N) is 1. The van der Waals surface area contributed by atoms with Crippen LogP contribution in [0, 0.1) is 5.92 Å². The van der Waals surface area contributed by atoms with Crippen molar-refractivity contribution in [3.8, 4) is 5.75 Å². The molecule has 1 saturated heterocycles. The molecule has 5 nitrogen and oxygen atoms in total. The molecule has 9 heteroatoms. The molecule has 0 saturated carbocycles. The van der Waals surface area contributed by atoms with Crippen molar-refractivity contribution in [1.82, 2.24) is 10.2 Å². The van der Waals surface area contributed by atoms with Gasteiger partial charge in [-0.15, -0.1) is 13.2 Å². The maximum absolute atomic E-state index is 12.5. The van der Waals surface area contributed by atoms with Crippen molar-refractivity contribution in [3.05, 3.63) is 64.7 Å². The SMILES string of the molecule is O=C(NCc1ccccc1OC(F)(F)F)C1CCN(C(=O)c2ccc(Cl)cc2)CC1. The minimum atomic E-state index is -4.80. The van der Waals surface area contributed by atoms with Crippen LogP contribution in [0.4, 0.5) is 13.2 Å². The third kappa shape index (κ3) is 5.89. The number of halogens is 4. The lowest BCUT2D eigenvalue weighted by molar-refractivity contribution is -0.274. The summed E-state index contributed by atoms with van der Waals surface area (Å²) in [5.41, 5.74) is 0.766. The van der Waals surface area contributed by atoms with Gasteiger partial charge in [0.2, 0.25) is 5.91 Å². The molecule has 0 atom stereocenters. The minimum absolute atomic E-state index is 0.0744. The predicted octanol–water partition coefficient (Wildman–Crippen LogP) is 4.41. The van der Waals surface area contributed by atoms with Gasteiger partial charge >= 0.3 is 6.36 Å². The first-order valence-corrected chi connectivity index (χ1v) is 9.77. The van der Waals surface area contributed by atoms with E-state index in [9.17, 15) is 22.8 Å². The Morgan fingerprint density at radius 2 is 1.70 bits per heavy atom. The summed E-state index contributed by atoms with van der Waals surface area (Å²) in [6.45, 7) is 0.773. The number of benzene rings is 2. The number of carbonyl (C=O) groups is 2. The fourth-order valence-corrected chi connectivity index (χ4v) is 3.45. The van der Waals surface area contributed by atoms with E-state index in [2.05, 4.69) is 10.1 Å². The van der Waals surface area contributed by atoms with Gasteiger partial charge in [0.05, 0.1) is 0 Å². The van der Waals surface area contributed by atoms with Crippen LogP contribution in [0.15, 0.2) is 48.5 Å². The number of piperidine rings is 1. The number of hydrogen-bond donors (Lipinski definition) is 1. The third-order valence-electron chi connectivity index (χ3n) is 4.90. The second-order valence-corrected chi connectivity index (χ2v) is 7.38. The Bertz CT molecular complexity index is 895. The van der Waals surface area contributed by atoms with E-state index in [1.165, 1.54) is 18.2 Å². The fourth-order valence-electron chi connectivity index (χ4n) is 3.32. The second kappa shape index (κ2) is 9.38. The van der Waals surface area contributed by atoms with E-state index in [-0.39, 0.29) is 35.6 Å². The molecule has 1 aliphatic rings. The Labute approximate surface area is 176 Å². The molecule has 1 fully saturated rings. The fraction of sp³-hybridized carbons (Fsp3) is 0.333. The standard InChI is InChI=1S/C21H20ClF3N2O3/c22-17-7-5-15(6-8-17)20(29)27-11-9-14(10-12-27)19(28)26-13-16-3-1-2-4-18(16)30-21(23,24)25/h1-8,14H,9-13H2,(H,26,28). The highest BCUT2D eigenvalue weighted by molar-refractivity contribution is 6.30. The van der Waals surface area contributed by atoms with Crippen LogP contribution in [0.5, 0.6) is 5.75 Å². The average Bonchev–Trinajstić information content (AvgIpc) is 2.72. The molecule has 160 valence electrons. The lowest BCUT2D eigenvalue weighted by Crippen LogP contribution is -2.43. The van der Waals surface area contributed by atoms with Gasteiger partial charge < -0.3 is 15.0 Å². The van der Waals surface area contributed by atoms with E-state index in [0.717, 1.165) is 0 Å². The highest BCUT2D eigenvalue weighted by atomic mass is 35.5. The molecule has 0 aliphatic carbocycles. The zero-order valence-electron chi connectivity index (χ0n) is 15.9. The number of alkyl halides is 3. The number of likely N-dealkylation sites (tertiary alicyclic amines) is 1. The van der Waals surface area contributed by atoms with E-state index >= 15 is 0 Å². The number of rotatable bonds is 5. The molecule has 0 unspecified atom stereocenters. The van der Waals surface area contributed by atoms with Crippen LogP contribution >= 0.6 is 11.6 Å². The number of nitrogens with one attached hydrogen (secondary N) is 1. The molecule has 2 aromatic carbocycles. The topological polar surface area (TPSA) is 58.6 Å². The van der Waals surface area contributed by atoms with Gasteiger partial charge in [-0.3, -0.25) is 9.59 Å². The van der Waals surface area contributed by atoms with Gasteiger partial charge in [-0.05, 0) is 43.2 Å². The molecule has 0 aromatic heterocycles. The first-order chi connectivity index (χ1) is 14.2. The van der Waals surface area contributed by atoms with Crippen molar-refractivity contribution in [2.45, 2.75) is 25.7 Å². The molecule has 1 heterocycles. The van der Waals surface area contributed by atoms with Gasteiger partial charge in [0.1, 0.15) is 5.75 Å². The van der Waals surface area contributed by atoms with E-state index in [1.54, 1.807) is 35.2 Å². The summed E-state index contributed by atoms with van der Waals surface area (Å²) in [6.07, 6.45) is -3.85. The Hall–Kier alpha value is -2.74. The van der Waals surface area contributed by atoms with Crippen LogP contribution in [-0.4, -0.2) is 36.2 Å². The Balaban J connectivity index is 1.51. The van der Waals surface area contributed by atoms with E-state index in [0.29, 0.717) is 36.5 Å². The van der Waals surface area contributed by atoms with Crippen LogP contribution in [0.3, 0.4) is 0 Å². The Morgan fingerprint density at radius 1 is 1.07 bits per heavy atom. The van der Waals surface area contributed by atoms with E-state index in [1.807, 2.05) is 0 Å². The minimum Gasteiger partial charge on any atom is -0.405 e. The molecule has 3 rings (SSSR count). The van der Waals surface area contributed by atoms with Crippen LogP contribution < -0.4 is 10.1 Å². The second-order valence-electron chi connectivity index (χ2n) is 6.95. The summed E-state index contributed by atoms with van der Waals surface area (Å²) in [6, 6.07) is 12.3. The normalized spacial score (nSPS) is 15.0. The molecule has 1 aliphatic heterocycles. The van der Waals surface area contributed by atoms with Crippen LogP contribution in [0.2, 0.25) is 5.02 Å². The van der Waals surface area contributed by atoms with Crippen molar-refractivity contribution in [2.24, 2.45) is 5.92 Å². The molecule has 0 bridgehead atoms. The van der Waals surface area contributed by atoms with Gasteiger partial charge in [-0.25, -0.2) is 0 Å². The molecule has 30 heavy (non-hydrogen) atoms. The molecular weight excluding hydrogens is 421 g/mol. The summed E-state index contributed by atoms with van der Waals surface area (Å²) >= 11 is 5.84. The lowest BCUT2D eigenvalue weighted by atomic mass is 9.95. The first kappa shape index (κ1) is 22.0. The molecule has 0 radical (unpaired) electrons. The van der Waals surface area contributed by atoms with Crippen molar-refractivity contribution in [1.29, 1.82) is 0 Å². The zero-order valence-corrected chi connectivity index (χ0v) is 16.7. The van der Waals surface area contributed by atoms with Gasteiger partial charge in [0.25, 0.3) is 5.91 Å². The summed E-state index contributed by atoms with van der Waals surface area (Å²) < 4.78 is 41.5. The summed E-state index contributed by atoms with van der Waals surface area (Å²) in [5, 5.41) is 3.22. The van der Waals surface area contributed by atoms with Crippen LogP contribution in [-0.2, 0) is 11.3 Å². The van der Waals surface area contributed by atoms with Crippen molar-refractivity contribution in [2.75, 3.05) is 13.1 Å². The summed E-state index contributed by atoms with van der Waals surface area (Å²) in [4.78, 5) is 26.7. The van der Waals surface area contributed by atoms with Crippen molar-refractivity contribution in [3.63, 3.8) is 0 Å². The van der Waals surface area contributed by atoms with Gasteiger partial charge in [-0.1, -0.05) is 29.8 Å². The van der Waals surface area contributed by atoms with Crippen molar-refractivity contribution < 1.29 is 27.5 Å². The maximum atomic E-state index is 12.5. The number of ether oxygens (including phenoxy) is 1. The highest BCUT2D eigenvalue weighted by Gasteiger charge is 2.32. The van der Waals surface area contributed by atoms with Crippen LogP contribution in [0.1, 0.15) is 28.8 Å². The van der Waals surface area contributed by atoms with Gasteiger partial charge in [0.15, 0.2) is 0 Å². The molecule has 2 amide bonds. The molecule has 0 spiro atoms. The van der Waals surface area contributed by atoms with E-state index < -0.39 is 6.36 Å². The monoisotopic (exact) mass is 440 g/mol. The predicted molar refractivity (Wildman–Crippen MR) is 105 cm³/mol. The lowest BCUT2D eigenvalue weighted by Gasteiger charge is -2.31. The number of para-hydroxylation sites is 1. The first-order valence-electron chi connectivity index (χ1n) is 9.39. The summed E-state index contributed by atoms with van der Waals surface area (Å²) in [5.74, 6) is -1.03. The van der Waals surface area contributed by atoms with E-state index in [4.69, 9.17) is 11.6 Å². The highest BCUT2D eigenvalue weighted by Crippen LogP contribution is 2.26. The Kier molecular flexibility index (Phi) is 6.87. The third-order valence-corrected chi connectivity index (χ3v) is 5.15. The van der Waals surface area contributed by atoms with Gasteiger partial charge in [0, 0.05) is 41.7 Å². The van der Waals surface area contributed by atoms with Gasteiger partial charge in [-0.2, -0.15) is 0 Å². The molecular formula is C21H20ClF3N2O3. The maximum Gasteiger partial charge on any atom is 0.573 e. The number of amides is 2. The average molecular weight is 441 g/mol. The molecule has 2 aromatic rings. The smallest absolute Gasteiger partial charge is 0.405 e. The molecule has 1 N–H and O–H groups in total. The number of carbonyl (C=O) groups excluding carboxylic acids is 2. The quantitative estimate of drug-likeness (QED) is 0.749. The zero-order chi connectivity index (χ0) is 21.7. The largest absolute Gasteiger partial charge is 0.573 e. The van der Waals surface area contributed by atoms with Crippen molar-refractivity contribution >= 4 is 23.4 Å². The Morgan fingerprint density at radius 3 is 2.33 bits per heavy atom. The number of hydrogen-bond acceptors (Lipinski definition) is 3. The summed E-state index contributed by atoms with van der Waals surface area (Å²) in [7, 11) is 0. The van der Waals surface area contributed by atoms with Crippen LogP contribution in [0.25, 0.3) is 0 Å².